The second-order valence-corrected chi connectivity index (χ2v) is 33.9. The minimum atomic E-state index is -0.0352. The number of rotatable bonds is 23. The zero-order valence-corrected chi connectivity index (χ0v) is 77.0. The van der Waals surface area contributed by atoms with Gasteiger partial charge >= 0.3 is 0 Å². The molecule has 0 aromatic heterocycles. The average Bonchev–Trinajstić information content (AvgIpc) is 1.58. The number of fused-ring (bicyclic) bond motifs is 3. The Bertz CT molecular complexity index is 7120. The summed E-state index contributed by atoms with van der Waals surface area (Å²) in [6, 6.07) is 192. The van der Waals surface area contributed by atoms with Gasteiger partial charge in [0.05, 0.1) is 5.69 Å². The molecule has 1 aliphatic rings. The van der Waals surface area contributed by atoms with Crippen molar-refractivity contribution in [3.63, 3.8) is 0 Å². The van der Waals surface area contributed by atoms with E-state index in [0.29, 0.717) is 0 Å². The molecule has 0 amide bonds. The van der Waals surface area contributed by atoms with Crippen molar-refractivity contribution in [2.24, 2.45) is 0 Å². The molecule has 1 aliphatic carbocycles. The first kappa shape index (κ1) is 88.4. The lowest BCUT2D eigenvalue weighted by molar-refractivity contribution is 0.660. The van der Waals surface area contributed by atoms with Gasteiger partial charge in [0.1, 0.15) is 0 Å². The topological polar surface area (TPSA) is 25.9 Å². The van der Waals surface area contributed by atoms with E-state index in [2.05, 4.69) is 603 Å². The van der Waals surface area contributed by atoms with E-state index in [1.807, 2.05) is 24.3 Å². The van der Waals surface area contributed by atoms with E-state index >= 15 is 0 Å². The Hall–Kier alpha value is -17.2. The monoisotopic (exact) mass is 1740 g/mol. The van der Waals surface area contributed by atoms with Crippen LogP contribution in [0, 0.1) is 0 Å². The molecule has 0 spiro atoms. The molecule has 20 aromatic carbocycles. The molecule has 0 atom stereocenters. The van der Waals surface area contributed by atoms with Crippen LogP contribution in [0.2, 0.25) is 0 Å². The molecule has 20 aromatic rings. The highest BCUT2D eigenvalue weighted by Gasteiger charge is 2.36. The summed E-state index contributed by atoms with van der Waals surface area (Å²) >= 11 is 0. The highest BCUT2D eigenvalue weighted by atomic mass is 15.2. The van der Waals surface area contributed by atoms with Crippen molar-refractivity contribution >= 4 is 114 Å². The van der Waals surface area contributed by atoms with Gasteiger partial charge in [-0.1, -0.05) is 323 Å². The quantitative estimate of drug-likeness (QED) is 0.0625. The zero-order valence-electron chi connectivity index (χ0n) is 77.0. The van der Waals surface area contributed by atoms with Crippen LogP contribution in [-0.2, 0) is 5.41 Å². The van der Waals surface area contributed by atoms with Gasteiger partial charge in [-0.15, -0.1) is 0 Å². The Morgan fingerprint density at radius 1 is 0.133 bits per heavy atom. The van der Waals surface area contributed by atoms with Crippen LogP contribution >= 0.6 is 0 Å². The predicted octanol–water partition coefficient (Wildman–Crippen LogP) is 35.0. The molecule has 0 aliphatic heterocycles. The first-order valence-corrected chi connectivity index (χ1v) is 46.1. The van der Waals surface area contributed by atoms with Crippen LogP contribution in [0.15, 0.2) is 546 Å². The summed E-state index contributed by atoms with van der Waals surface area (Å²) in [5.41, 5.74) is 35.6. The van der Waals surface area contributed by atoms with E-state index in [1.54, 1.807) is 0 Å². The number of anilines is 20. The van der Waals surface area contributed by atoms with Gasteiger partial charge in [0, 0.05) is 147 Å². The van der Waals surface area contributed by atoms with E-state index in [4.69, 9.17) is 0 Å². The van der Waals surface area contributed by atoms with Crippen molar-refractivity contribution in [1.29, 1.82) is 0 Å². The predicted molar refractivity (Wildman–Crippen MR) is 576 cm³/mol. The lowest BCUT2D eigenvalue weighted by atomic mass is 9.82. The van der Waals surface area contributed by atoms with Crippen molar-refractivity contribution < 1.29 is 0 Å². The number of benzene rings is 20. The maximum Gasteiger partial charge on any atom is 0.0540 e. The fraction of sp³-hybridized carbons (Fsp3) is 0.0551. The largest absolute Gasteiger partial charge is 0.345 e. The van der Waals surface area contributed by atoms with Gasteiger partial charge in [-0.3, -0.25) is 0 Å². The van der Waals surface area contributed by atoms with Gasteiger partial charge < -0.3 is 39.2 Å². The second kappa shape index (κ2) is 42.1. The van der Waals surface area contributed by atoms with Gasteiger partial charge in [-0.25, -0.2) is 0 Å². The van der Waals surface area contributed by atoms with E-state index in [9.17, 15) is 0 Å². The van der Waals surface area contributed by atoms with Gasteiger partial charge in [0.2, 0.25) is 0 Å². The molecular formula is C127H108N8. The SMILES string of the molecule is CN(c1ccccc1)c1ccc(N(c2ccccc2)c2ccc(-c3ccccc3)cc2)cc1.CN(c1ccccc1)c1ccc(N(c2ccccc2)c2ccc3c(c2)C(C)(C)c2ccccc2-3)cc1.CN(c1ccccc1)c1ccc(N(c2ccccc2)c2cccc(-c3ccccc3)c2)cc1.CN(c1ccccc1)c1ccc(N(c2ccccc2)c2ccccc2-c2ccccc2)cc1. The molecule has 0 heterocycles. The van der Waals surface area contributed by atoms with Crippen LogP contribution < -0.4 is 39.2 Å². The fourth-order valence-electron chi connectivity index (χ4n) is 17.8. The summed E-state index contributed by atoms with van der Waals surface area (Å²) < 4.78 is 0. The van der Waals surface area contributed by atoms with Crippen LogP contribution in [-0.4, -0.2) is 28.2 Å². The first-order valence-electron chi connectivity index (χ1n) is 46.1. The summed E-state index contributed by atoms with van der Waals surface area (Å²) in [6.45, 7) is 4.67. The Labute approximate surface area is 796 Å². The van der Waals surface area contributed by atoms with Gasteiger partial charge in [0.15, 0.2) is 0 Å². The molecule has 0 N–H and O–H groups in total. The minimum absolute atomic E-state index is 0.0352. The number of hydrogen-bond acceptors (Lipinski definition) is 8. The number of nitrogens with zero attached hydrogens (tertiary/aromatic N) is 8. The molecule has 0 unspecified atom stereocenters. The molecule has 8 nitrogen and oxygen atoms in total. The van der Waals surface area contributed by atoms with Crippen molar-refractivity contribution in [2.75, 3.05) is 67.4 Å². The third-order valence-electron chi connectivity index (χ3n) is 25.1. The summed E-state index contributed by atoms with van der Waals surface area (Å²) in [4.78, 5) is 18.1. The lowest BCUT2D eigenvalue weighted by Crippen LogP contribution is -2.16. The molecule has 135 heavy (non-hydrogen) atoms. The highest BCUT2D eigenvalue weighted by molar-refractivity contribution is 5.91. The molecule has 21 rings (SSSR count). The van der Waals surface area contributed by atoms with Crippen molar-refractivity contribution in [1.82, 2.24) is 0 Å². The van der Waals surface area contributed by atoms with Crippen LogP contribution in [0.5, 0.6) is 0 Å². The van der Waals surface area contributed by atoms with Crippen LogP contribution in [0.3, 0.4) is 0 Å². The molecule has 656 valence electrons. The molecule has 8 heteroatoms. The normalized spacial score (nSPS) is 11.2. The summed E-state index contributed by atoms with van der Waals surface area (Å²) in [7, 11) is 8.41. The number of para-hydroxylation sites is 9. The summed E-state index contributed by atoms with van der Waals surface area (Å²) in [6.07, 6.45) is 0. The van der Waals surface area contributed by atoms with Gasteiger partial charge in [-0.05, 0) is 287 Å². The molecule has 0 radical (unpaired) electrons. The molecule has 0 saturated heterocycles. The third-order valence-corrected chi connectivity index (χ3v) is 25.1. The highest BCUT2D eigenvalue weighted by Crippen LogP contribution is 2.52. The Kier molecular flexibility index (Phi) is 27.6. The van der Waals surface area contributed by atoms with Crippen molar-refractivity contribution in [2.45, 2.75) is 19.3 Å². The Balaban J connectivity index is 0.000000120. The maximum atomic E-state index is 2.38. The standard InChI is InChI=1S/C34H30N2.3C31H26N2/c1-34(2)32-17-11-10-16-30(32)31-23-22-29(24-33(31)34)36(27-14-8-5-9-15-27)28-20-18-26(19-21-28)35(3)25-12-6-4-7-13-25;1-32(26-15-7-3-8-16-26)27-21-23-29(24-22-27)33(28-17-9-4-10-18-28)31-20-12-11-19-30(31)25-13-5-2-6-14-25;1-32(27-15-7-3-8-16-27)28-20-22-30(23-21-28)33(29-17-9-4-10-18-29)31-19-11-14-26(24-31)25-12-5-2-6-13-25;1-32(27-13-7-3-8-14-27)28-21-23-31(24-22-28)33(29-15-9-4-10-16-29)30-19-17-26(18-20-30)25-11-5-2-6-12-25/h4-24H,1-3H3;3*2-24H,1H3. The Morgan fingerprint density at radius 2 is 0.341 bits per heavy atom. The smallest absolute Gasteiger partial charge is 0.0540 e. The lowest BCUT2D eigenvalue weighted by Gasteiger charge is -2.28. The van der Waals surface area contributed by atoms with E-state index in [0.717, 1.165) is 85.3 Å². The van der Waals surface area contributed by atoms with E-state index < -0.39 is 0 Å². The van der Waals surface area contributed by atoms with Gasteiger partial charge in [0.25, 0.3) is 0 Å². The zero-order chi connectivity index (χ0) is 92.1. The molecule has 0 bridgehead atoms. The third kappa shape index (κ3) is 20.5. The van der Waals surface area contributed by atoms with Crippen molar-refractivity contribution in [3.8, 4) is 44.5 Å². The van der Waals surface area contributed by atoms with Crippen molar-refractivity contribution in [3.05, 3.63) is 557 Å². The van der Waals surface area contributed by atoms with Gasteiger partial charge in [-0.2, -0.15) is 0 Å². The van der Waals surface area contributed by atoms with E-state index in [1.165, 1.54) is 84.1 Å². The first-order chi connectivity index (χ1) is 66.4. The van der Waals surface area contributed by atoms with Crippen LogP contribution in [0.25, 0.3) is 44.5 Å². The summed E-state index contributed by atoms with van der Waals surface area (Å²) in [5.74, 6) is 0. The number of hydrogen-bond donors (Lipinski definition) is 0. The molecular weight excluding hydrogens is 1640 g/mol. The maximum absolute atomic E-state index is 2.38. The fourth-order valence-corrected chi connectivity index (χ4v) is 17.8. The summed E-state index contributed by atoms with van der Waals surface area (Å²) in [5, 5.41) is 0. The molecule has 0 fully saturated rings. The average molecular weight is 1750 g/mol. The molecule has 0 saturated carbocycles. The Morgan fingerprint density at radius 3 is 0.704 bits per heavy atom. The minimum Gasteiger partial charge on any atom is -0.345 e. The van der Waals surface area contributed by atoms with E-state index in [-0.39, 0.29) is 5.41 Å². The second-order valence-electron chi connectivity index (χ2n) is 33.9. The van der Waals surface area contributed by atoms with Crippen LogP contribution in [0.4, 0.5) is 114 Å². The van der Waals surface area contributed by atoms with Crippen LogP contribution in [0.1, 0.15) is 25.0 Å².